The molecule has 0 saturated carbocycles. The van der Waals surface area contributed by atoms with Crippen molar-refractivity contribution in [3.63, 3.8) is 0 Å². The van der Waals surface area contributed by atoms with Gasteiger partial charge in [0.15, 0.2) is 0 Å². The van der Waals surface area contributed by atoms with Crippen molar-refractivity contribution in [1.29, 1.82) is 0 Å². The number of hydrogen-bond donors (Lipinski definition) is 1. The minimum absolute atomic E-state index is 0.529. The van der Waals surface area contributed by atoms with Crippen LogP contribution in [0, 0.1) is 13.8 Å². The van der Waals surface area contributed by atoms with Crippen LogP contribution in [0.2, 0.25) is 0 Å². The third kappa shape index (κ3) is 3.07. The van der Waals surface area contributed by atoms with Gasteiger partial charge in [0.25, 0.3) is 0 Å². The van der Waals surface area contributed by atoms with Gasteiger partial charge in [-0.25, -0.2) is 4.99 Å². The molecule has 2 nitrogen and oxygen atoms in total. The Morgan fingerprint density at radius 2 is 1.32 bits per heavy atom. The Morgan fingerprint density at radius 3 is 1.96 bits per heavy atom. The summed E-state index contributed by atoms with van der Waals surface area (Å²) in [6.07, 6.45) is 3.58. The highest BCUT2D eigenvalue weighted by Crippen LogP contribution is 2.34. The fourth-order valence-electron chi connectivity index (χ4n) is 3.85. The molecule has 0 spiro atoms. The zero-order valence-electron chi connectivity index (χ0n) is 16.5. The van der Waals surface area contributed by atoms with Crippen LogP contribution in [0.15, 0.2) is 84.0 Å². The van der Waals surface area contributed by atoms with E-state index in [-0.39, 0.29) is 0 Å². The highest BCUT2D eigenvalue weighted by molar-refractivity contribution is 6.06. The van der Waals surface area contributed by atoms with Crippen molar-refractivity contribution >= 4 is 27.4 Å². The van der Waals surface area contributed by atoms with Gasteiger partial charge in [0, 0.05) is 11.8 Å². The van der Waals surface area contributed by atoms with E-state index in [1.807, 2.05) is 25.1 Å². The normalized spacial score (nSPS) is 12.3. The molecule has 0 aromatic heterocycles. The predicted octanol–water partition coefficient (Wildman–Crippen LogP) is 6.52. The third-order valence-corrected chi connectivity index (χ3v) is 5.44. The Labute approximate surface area is 166 Å². The Balaban J connectivity index is 1.82. The maximum atomic E-state index is 6.03. The molecule has 2 heteroatoms. The summed E-state index contributed by atoms with van der Waals surface area (Å²) in [5.74, 6) is 0.529. The largest absolute Gasteiger partial charge is 0.383 e. The van der Waals surface area contributed by atoms with Crippen LogP contribution < -0.4 is 5.73 Å². The Morgan fingerprint density at radius 1 is 0.750 bits per heavy atom. The smallest absolute Gasteiger partial charge is 0.130 e. The van der Waals surface area contributed by atoms with Crippen molar-refractivity contribution in [3.05, 3.63) is 95.7 Å². The molecule has 4 aromatic carbocycles. The van der Waals surface area contributed by atoms with Gasteiger partial charge in [-0.1, -0.05) is 66.7 Å². The van der Waals surface area contributed by atoms with E-state index in [2.05, 4.69) is 73.4 Å². The lowest BCUT2D eigenvalue weighted by molar-refractivity contribution is 1.45. The zero-order chi connectivity index (χ0) is 19.7. The first-order valence-electron chi connectivity index (χ1n) is 9.57. The SMILES string of the molecule is C/C=C\N=C(N)c1ccc(-c2ccc3c(C)c4ccccc4c(C)c3c2)cc1. The van der Waals surface area contributed by atoms with Crippen molar-refractivity contribution in [3.8, 4) is 11.1 Å². The van der Waals surface area contributed by atoms with Gasteiger partial charge in [-0.15, -0.1) is 0 Å². The zero-order valence-corrected chi connectivity index (χ0v) is 16.5. The summed E-state index contributed by atoms with van der Waals surface area (Å²) in [6.45, 7) is 6.35. The topological polar surface area (TPSA) is 38.4 Å². The summed E-state index contributed by atoms with van der Waals surface area (Å²) in [5, 5.41) is 5.29. The van der Waals surface area contributed by atoms with Gasteiger partial charge in [-0.3, -0.25) is 0 Å². The van der Waals surface area contributed by atoms with Gasteiger partial charge in [-0.2, -0.15) is 0 Å². The maximum absolute atomic E-state index is 6.03. The monoisotopic (exact) mass is 364 g/mol. The van der Waals surface area contributed by atoms with Crippen LogP contribution in [0.5, 0.6) is 0 Å². The number of hydrogen-bond acceptors (Lipinski definition) is 1. The lowest BCUT2D eigenvalue weighted by Gasteiger charge is -2.13. The van der Waals surface area contributed by atoms with Gasteiger partial charge in [0.05, 0.1) is 0 Å². The van der Waals surface area contributed by atoms with Crippen LogP contribution in [0.1, 0.15) is 23.6 Å². The molecule has 0 aliphatic heterocycles. The number of fused-ring (bicyclic) bond motifs is 2. The molecule has 0 bridgehead atoms. The van der Waals surface area contributed by atoms with Crippen molar-refractivity contribution in [2.45, 2.75) is 20.8 Å². The van der Waals surface area contributed by atoms with Gasteiger partial charge < -0.3 is 5.73 Å². The van der Waals surface area contributed by atoms with Crippen molar-refractivity contribution < 1.29 is 0 Å². The number of amidine groups is 1. The van der Waals surface area contributed by atoms with Gasteiger partial charge in [0.2, 0.25) is 0 Å². The maximum Gasteiger partial charge on any atom is 0.130 e. The molecule has 0 heterocycles. The Bertz CT molecular complexity index is 1230. The number of nitrogens with zero attached hydrogens (tertiary/aromatic N) is 1. The van der Waals surface area contributed by atoms with Crippen LogP contribution in [0.4, 0.5) is 0 Å². The van der Waals surface area contributed by atoms with E-state index in [9.17, 15) is 0 Å². The van der Waals surface area contributed by atoms with E-state index in [1.165, 1.54) is 43.8 Å². The second kappa shape index (κ2) is 7.32. The van der Waals surface area contributed by atoms with E-state index in [4.69, 9.17) is 5.73 Å². The summed E-state index contributed by atoms with van der Waals surface area (Å²) < 4.78 is 0. The summed E-state index contributed by atoms with van der Waals surface area (Å²) in [6, 6.07) is 23.7. The number of nitrogens with two attached hydrogens (primary N) is 1. The van der Waals surface area contributed by atoms with Crippen LogP contribution in [-0.4, -0.2) is 5.84 Å². The van der Waals surface area contributed by atoms with Crippen LogP contribution in [0.3, 0.4) is 0 Å². The minimum atomic E-state index is 0.529. The lowest BCUT2D eigenvalue weighted by Crippen LogP contribution is -2.12. The minimum Gasteiger partial charge on any atom is -0.383 e. The molecule has 2 N–H and O–H groups in total. The van der Waals surface area contributed by atoms with Crippen molar-refractivity contribution in [2.24, 2.45) is 10.7 Å². The van der Waals surface area contributed by atoms with E-state index in [0.717, 1.165) is 5.56 Å². The van der Waals surface area contributed by atoms with E-state index in [1.54, 1.807) is 6.20 Å². The average molecular weight is 364 g/mol. The van der Waals surface area contributed by atoms with Crippen LogP contribution in [0.25, 0.3) is 32.7 Å². The van der Waals surface area contributed by atoms with Crippen LogP contribution >= 0.6 is 0 Å². The number of rotatable bonds is 3. The van der Waals surface area contributed by atoms with Crippen LogP contribution in [-0.2, 0) is 0 Å². The predicted molar refractivity (Wildman–Crippen MR) is 122 cm³/mol. The second-order valence-electron chi connectivity index (χ2n) is 7.13. The summed E-state index contributed by atoms with van der Waals surface area (Å²) >= 11 is 0. The molecule has 0 radical (unpaired) electrons. The molecule has 0 aliphatic rings. The lowest BCUT2D eigenvalue weighted by atomic mass is 9.91. The molecule has 0 unspecified atom stereocenters. The number of benzene rings is 4. The number of allylic oxidation sites excluding steroid dienone is 1. The molecule has 0 atom stereocenters. The Hall–Kier alpha value is -3.39. The first kappa shape index (κ1) is 18.0. The number of aryl methyl sites for hydroxylation is 2. The molecular formula is C26H24N2. The van der Waals surface area contributed by atoms with Gasteiger partial charge in [0.1, 0.15) is 5.84 Å². The van der Waals surface area contributed by atoms with E-state index >= 15 is 0 Å². The van der Waals surface area contributed by atoms with Crippen molar-refractivity contribution in [1.82, 2.24) is 0 Å². The standard InChI is InChI=1S/C26H24N2/c1-4-15-28-26(27)20-11-9-19(10-12-20)21-13-14-24-17(2)22-7-5-6-8-23(22)18(3)25(24)16-21/h4-16H,1-3H3,(H2,27,28)/b15-4-. The number of aliphatic imine (C=N–C) groups is 1. The molecule has 0 amide bonds. The molecule has 0 fully saturated rings. The quantitative estimate of drug-likeness (QED) is 0.251. The average Bonchev–Trinajstić information content (AvgIpc) is 2.75. The molecule has 0 saturated heterocycles. The second-order valence-corrected chi connectivity index (χ2v) is 7.13. The van der Waals surface area contributed by atoms with E-state index in [0.29, 0.717) is 5.84 Å². The molecular weight excluding hydrogens is 340 g/mol. The highest BCUT2D eigenvalue weighted by atomic mass is 14.8. The summed E-state index contributed by atoms with van der Waals surface area (Å²) in [7, 11) is 0. The highest BCUT2D eigenvalue weighted by Gasteiger charge is 2.10. The molecule has 138 valence electrons. The molecule has 28 heavy (non-hydrogen) atoms. The molecule has 4 rings (SSSR count). The fraction of sp³-hybridized carbons (Fsp3) is 0.115. The first-order valence-corrected chi connectivity index (χ1v) is 9.57. The van der Waals surface area contributed by atoms with Gasteiger partial charge >= 0.3 is 0 Å². The fourth-order valence-corrected chi connectivity index (χ4v) is 3.85. The first-order chi connectivity index (χ1) is 13.6. The molecule has 4 aromatic rings. The third-order valence-electron chi connectivity index (χ3n) is 5.44. The summed E-state index contributed by atoms with van der Waals surface area (Å²) in [5.41, 5.74) is 12.0. The molecule has 0 aliphatic carbocycles. The van der Waals surface area contributed by atoms with E-state index < -0.39 is 0 Å². The Kier molecular flexibility index (Phi) is 4.70. The summed E-state index contributed by atoms with van der Waals surface area (Å²) in [4.78, 5) is 4.22. The van der Waals surface area contributed by atoms with Crippen molar-refractivity contribution in [2.75, 3.05) is 0 Å². The van der Waals surface area contributed by atoms with Gasteiger partial charge in [-0.05, 0) is 70.6 Å².